The summed E-state index contributed by atoms with van der Waals surface area (Å²) in [5, 5.41) is 3.36. The van der Waals surface area contributed by atoms with E-state index in [2.05, 4.69) is 10.3 Å². The summed E-state index contributed by atoms with van der Waals surface area (Å²) in [5.74, 6) is -0.359. The normalized spacial score (nSPS) is 17.2. The lowest BCUT2D eigenvalue weighted by Crippen LogP contribution is -2.41. The molecule has 1 aliphatic rings. The number of nitrogens with one attached hydrogen (secondary N) is 1. The average molecular weight is 469 g/mol. The molecule has 0 saturated carbocycles. The van der Waals surface area contributed by atoms with E-state index in [4.69, 9.17) is 0 Å². The van der Waals surface area contributed by atoms with Gasteiger partial charge in [0.15, 0.2) is 0 Å². The Bertz CT molecular complexity index is 1360. The van der Waals surface area contributed by atoms with E-state index in [9.17, 15) is 18.0 Å². The molecule has 1 N–H and O–H groups in total. The minimum absolute atomic E-state index is 0.0554. The molecule has 1 saturated heterocycles. The largest absolute Gasteiger partial charge is 0.348 e. The third-order valence-electron chi connectivity index (χ3n) is 6.23. The molecule has 0 aliphatic carbocycles. The number of benzene rings is 2. The second-order valence-electron chi connectivity index (χ2n) is 8.62. The van der Waals surface area contributed by atoms with E-state index in [1.165, 1.54) is 22.9 Å². The van der Waals surface area contributed by atoms with Crippen LogP contribution >= 0.6 is 0 Å². The van der Waals surface area contributed by atoms with E-state index in [0.717, 1.165) is 30.4 Å². The highest BCUT2D eigenvalue weighted by atomic mass is 32.2. The van der Waals surface area contributed by atoms with Crippen molar-refractivity contribution in [2.45, 2.75) is 57.5 Å². The van der Waals surface area contributed by atoms with Crippen molar-refractivity contribution in [3.05, 3.63) is 64.2 Å². The van der Waals surface area contributed by atoms with Crippen molar-refractivity contribution in [3.8, 4) is 0 Å². The SMILES string of the molecule is Cc1cccc(C)c1NC(=O)Cn1c(=O)ncc2cc(S(=O)(=O)N3CCCC[C@H]3C)ccc21. The summed E-state index contributed by atoms with van der Waals surface area (Å²) in [5.41, 5.74) is 2.45. The number of hydrogen-bond acceptors (Lipinski definition) is 5. The van der Waals surface area contributed by atoms with E-state index in [1.54, 1.807) is 10.4 Å². The van der Waals surface area contributed by atoms with Gasteiger partial charge in [-0.05, 0) is 62.9 Å². The van der Waals surface area contributed by atoms with Gasteiger partial charge in [0.05, 0.1) is 10.4 Å². The molecule has 0 bridgehead atoms. The van der Waals surface area contributed by atoms with Crippen LogP contribution in [0, 0.1) is 13.8 Å². The second kappa shape index (κ2) is 9.07. The molecule has 1 amide bonds. The van der Waals surface area contributed by atoms with Gasteiger partial charge in [-0.15, -0.1) is 0 Å². The van der Waals surface area contributed by atoms with Crippen molar-refractivity contribution in [2.75, 3.05) is 11.9 Å². The van der Waals surface area contributed by atoms with Gasteiger partial charge in [-0.3, -0.25) is 9.36 Å². The van der Waals surface area contributed by atoms with Crippen molar-refractivity contribution >= 4 is 32.5 Å². The van der Waals surface area contributed by atoms with Crippen molar-refractivity contribution in [1.29, 1.82) is 0 Å². The van der Waals surface area contributed by atoms with Gasteiger partial charge in [0.25, 0.3) is 0 Å². The third-order valence-corrected chi connectivity index (χ3v) is 8.24. The number of anilines is 1. The van der Waals surface area contributed by atoms with Gasteiger partial charge in [-0.25, -0.2) is 18.2 Å². The van der Waals surface area contributed by atoms with Gasteiger partial charge >= 0.3 is 5.69 Å². The fourth-order valence-electron chi connectivity index (χ4n) is 4.39. The molecule has 1 aliphatic heterocycles. The molecule has 0 spiro atoms. The van der Waals surface area contributed by atoms with Crippen molar-refractivity contribution in [2.24, 2.45) is 0 Å². The molecule has 1 aromatic heterocycles. The Morgan fingerprint density at radius 2 is 1.88 bits per heavy atom. The fourth-order valence-corrected chi connectivity index (χ4v) is 6.13. The van der Waals surface area contributed by atoms with Crippen LogP contribution in [-0.2, 0) is 21.4 Å². The molecule has 1 atom stereocenters. The molecule has 2 heterocycles. The molecule has 0 radical (unpaired) electrons. The summed E-state index contributed by atoms with van der Waals surface area (Å²) in [4.78, 5) is 29.3. The minimum Gasteiger partial charge on any atom is -0.324 e. The summed E-state index contributed by atoms with van der Waals surface area (Å²) in [7, 11) is -3.66. The van der Waals surface area contributed by atoms with Crippen LogP contribution < -0.4 is 11.0 Å². The van der Waals surface area contributed by atoms with E-state index in [0.29, 0.717) is 23.1 Å². The van der Waals surface area contributed by atoms with Crippen LogP contribution in [0.1, 0.15) is 37.3 Å². The standard InChI is InChI=1S/C24H28N4O4S/c1-16-7-6-8-17(2)23(16)26-22(29)15-27-21-11-10-20(13-19(21)14-25-24(27)30)33(31,32)28-12-5-4-9-18(28)3/h6-8,10-11,13-14,18H,4-5,9,12,15H2,1-3H3,(H,26,29)/t18-/m1/s1. The van der Waals surface area contributed by atoms with E-state index >= 15 is 0 Å². The fraction of sp³-hybridized carbons (Fsp3) is 0.375. The molecule has 4 rings (SSSR count). The summed E-state index contributed by atoms with van der Waals surface area (Å²) in [6, 6.07) is 10.3. The average Bonchev–Trinajstić information content (AvgIpc) is 2.78. The highest BCUT2D eigenvalue weighted by Gasteiger charge is 2.31. The molecule has 0 unspecified atom stereocenters. The number of sulfonamides is 1. The maximum atomic E-state index is 13.2. The number of fused-ring (bicyclic) bond motifs is 1. The molecule has 2 aromatic carbocycles. The molecule has 9 heteroatoms. The van der Waals surface area contributed by atoms with Crippen molar-refractivity contribution < 1.29 is 13.2 Å². The lowest BCUT2D eigenvalue weighted by molar-refractivity contribution is -0.116. The topological polar surface area (TPSA) is 101 Å². The number of nitrogens with zero attached hydrogens (tertiary/aromatic N) is 3. The Kier molecular flexibility index (Phi) is 6.36. The summed E-state index contributed by atoms with van der Waals surface area (Å²) < 4.78 is 29.2. The predicted octanol–water partition coefficient (Wildman–Crippen LogP) is 3.22. The Hall–Kier alpha value is -3.04. The zero-order valence-corrected chi connectivity index (χ0v) is 19.9. The lowest BCUT2D eigenvalue weighted by Gasteiger charge is -2.32. The molecule has 174 valence electrons. The van der Waals surface area contributed by atoms with Crippen molar-refractivity contribution in [3.63, 3.8) is 0 Å². The van der Waals surface area contributed by atoms with Gasteiger partial charge in [0.1, 0.15) is 6.54 Å². The van der Waals surface area contributed by atoms with Gasteiger partial charge in [-0.1, -0.05) is 24.6 Å². The van der Waals surface area contributed by atoms with Crippen LogP contribution in [0.15, 0.2) is 52.3 Å². The molecule has 33 heavy (non-hydrogen) atoms. The zero-order valence-electron chi connectivity index (χ0n) is 19.0. The second-order valence-corrected chi connectivity index (χ2v) is 10.5. The van der Waals surface area contributed by atoms with E-state index < -0.39 is 15.7 Å². The summed E-state index contributed by atoms with van der Waals surface area (Å²) >= 11 is 0. The van der Waals surface area contributed by atoms with Gasteiger partial charge in [0.2, 0.25) is 15.9 Å². The van der Waals surface area contributed by atoms with Crippen LogP contribution in [0.2, 0.25) is 0 Å². The van der Waals surface area contributed by atoms with Gasteiger partial charge in [-0.2, -0.15) is 4.31 Å². The maximum Gasteiger partial charge on any atom is 0.348 e. The first-order chi connectivity index (χ1) is 15.7. The van der Waals surface area contributed by atoms with Crippen LogP contribution in [0.3, 0.4) is 0 Å². The Balaban J connectivity index is 1.66. The smallest absolute Gasteiger partial charge is 0.324 e. The molecule has 8 nitrogen and oxygen atoms in total. The molecular formula is C24H28N4O4S. The summed E-state index contributed by atoms with van der Waals surface area (Å²) in [6.45, 7) is 5.99. The van der Waals surface area contributed by atoms with Gasteiger partial charge in [0, 0.05) is 29.9 Å². The van der Waals surface area contributed by atoms with Crippen LogP contribution in [0.5, 0.6) is 0 Å². The monoisotopic (exact) mass is 468 g/mol. The highest BCUT2D eigenvalue weighted by Crippen LogP contribution is 2.27. The number of piperidine rings is 1. The van der Waals surface area contributed by atoms with Crippen LogP contribution in [0.4, 0.5) is 5.69 Å². The van der Waals surface area contributed by atoms with Crippen LogP contribution in [-0.4, -0.2) is 40.8 Å². The Morgan fingerprint density at radius 1 is 1.15 bits per heavy atom. The molecule has 3 aromatic rings. The van der Waals surface area contributed by atoms with E-state index in [-0.39, 0.29) is 23.4 Å². The van der Waals surface area contributed by atoms with Crippen LogP contribution in [0.25, 0.3) is 10.9 Å². The number of hydrogen-bond donors (Lipinski definition) is 1. The minimum atomic E-state index is -3.66. The Morgan fingerprint density at radius 3 is 2.58 bits per heavy atom. The molecular weight excluding hydrogens is 440 g/mol. The number of para-hydroxylation sites is 1. The first-order valence-corrected chi connectivity index (χ1v) is 12.5. The maximum absolute atomic E-state index is 13.2. The number of amides is 1. The van der Waals surface area contributed by atoms with Crippen molar-refractivity contribution in [1.82, 2.24) is 13.9 Å². The zero-order chi connectivity index (χ0) is 23.8. The summed E-state index contributed by atoms with van der Waals surface area (Å²) in [6.07, 6.45) is 4.05. The third kappa shape index (κ3) is 4.56. The predicted molar refractivity (Wildman–Crippen MR) is 128 cm³/mol. The number of aryl methyl sites for hydroxylation is 2. The number of carbonyl (C=O) groups excluding carboxylic acids is 1. The first-order valence-electron chi connectivity index (χ1n) is 11.1. The quantitative estimate of drug-likeness (QED) is 0.620. The first kappa shape index (κ1) is 23.1. The number of carbonyl (C=O) groups is 1. The number of rotatable bonds is 5. The van der Waals surface area contributed by atoms with E-state index in [1.807, 2.05) is 39.0 Å². The highest BCUT2D eigenvalue weighted by molar-refractivity contribution is 7.89. The number of aromatic nitrogens is 2. The lowest BCUT2D eigenvalue weighted by atomic mass is 10.1. The Labute approximate surface area is 193 Å². The van der Waals surface area contributed by atoms with Gasteiger partial charge < -0.3 is 5.32 Å². The molecule has 1 fully saturated rings.